The Kier molecular flexibility index (Phi) is 5.35. The van der Waals surface area contributed by atoms with Gasteiger partial charge in [-0.25, -0.2) is 13.1 Å². The molecule has 1 fully saturated rings. The Bertz CT molecular complexity index is 597. The van der Waals surface area contributed by atoms with Crippen molar-refractivity contribution in [3.63, 3.8) is 0 Å². The van der Waals surface area contributed by atoms with E-state index in [9.17, 15) is 8.42 Å². The van der Waals surface area contributed by atoms with Crippen LogP contribution >= 0.6 is 12.2 Å². The minimum atomic E-state index is -3.45. The van der Waals surface area contributed by atoms with Crippen molar-refractivity contribution in [1.29, 1.82) is 0 Å². The minimum Gasteiger partial charge on any atom is -0.393 e. The molecule has 2 unspecified atom stereocenters. The molecule has 0 saturated heterocycles. The smallest absolute Gasteiger partial charge is 0.240 e. The van der Waals surface area contributed by atoms with Crippen LogP contribution < -0.4 is 10.5 Å². The molecule has 0 radical (unpaired) electrons. The van der Waals surface area contributed by atoms with Gasteiger partial charge in [0.15, 0.2) is 0 Å². The quantitative estimate of drug-likeness (QED) is 0.815. The lowest BCUT2D eigenvalue weighted by atomic mass is 9.87. The van der Waals surface area contributed by atoms with Crippen LogP contribution in [0.2, 0.25) is 0 Å². The first-order valence-corrected chi connectivity index (χ1v) is 9.17. The molecule has 21 heavy (non-hydrogen) atoms. The van der Waals surface area contributed by atoms with Crippen LogP contribution in [0.15, 0.2) is 29.2 Å². The maximum atomic E-state index is 12.4. The second-order valence-electron chi connectivity index (χ2n) is 5.78. The third-order valence-electron chi connectivity index (χ3n) is 4.03. The topological polar surface area (TPSA) is 72.2 Å². The highest BCUT2D eigenvalue weighted by Crippen LogP contribution is 2.25. The molecule has 3 N–H and O–H groups in total. The van der Waals surface area contributed by atoms with Gasteiger partial charge in [-0.1, -0.05) is 44.1 Å². The van der Waals surface area contributed by atoms with Gasteiger partial charge in [0.1, 0.15) is 0 Å². The Balaban J connectivity index is 2.10. The van der Waals surface area contributed by atoms with E-state index in [4.69, 9.17) is 18.0 Å². The summed E-state index contributed by atoms with van der Waals surface area (Å²) in [6.07, 6.45) is 4.76. The highest BCUT2D eigenvalue weighted by molar-refractivity contribution is 7.89. The van der Waals surface area contributed by atoms with Crippen LogP contribution in [0.1, 0.15) is 38.2 Å². The standard InChI is InChI=1S/C15H22N2O2S2/c1-11-4-2-3-5-14(11)17-21(18,19)13-8-6-12(7-9-13)10-15(16)20/h6-9,11,14,17H,2-5,10H2,1H3,(H2,16,20). The van der Waals surface area contributed by atoms with Crippen LogP contribution in [-0.4, -0.2) is 19.4 Å². The predicted molar refractivity (Wildman–Crippen MR) is 88.7 cm³/mol. The molecule has 2 rings (SSSR count). The average molecular weight is 326 g/mol. The lowest BCUT2D eigenvalue weighted by Gasteiger charge is -2.29. The molecular formula is C15H22N2O2S2. The van der Waals surface area contributed by atoms with Crippen molar-refractivity contribution in [1.82, 2.24) is 4.72 Å². The van der Waals surface area contributed by atoms with Gasteiger partial charge < -0.3 is 5.73 Å². The van der Waals surface area contributed by atoms with Crippen molar-refractivity contribution < 1.29 is 8.42 Å². The molecule has 1 saturated carbocycles. The molecule has 1 aromatic carbocycles. The zero-order valence-electron chi connectivity index (χ0n) is 12.2. The third-order valence-corrected chi connectivity index (χ3v) is 5.68. The molecule has 0 spiro atoms. The monoisotopic (exact) mass is 326 g/mol. The van der Waals surface area contributed by atoms with E-state index in [0.29, 0.717) is 22.2 Å². The van der Waals surface area contributed by atoms with Gasteiger partial charge in [0.2, 0.25) is 10.0 Å². The number of rotatable bonds is 5. The fourth-order valence-electron chi connectivity index (χ4n) is 2.75. The number of benzene rings is 1. The van der Waals surface area contributed by atoms with Gasteiger partial charge in [-0.15, -0.1) is 0 Å². The average Bonchev–Trinajstić information content (AvgIpc) is 2.41. The van der Waals surface area contributed by atoms with E-state index in [0.717, 1.165) is 24.8 Å². The van der Waals surface area contributed by atoms with Crippen molar-refractivity contribution >= 4 is 27.2 Å². The Hall–Kier alpha value is -0.980. The van der Waals surface area contributed by atoms with Crippen molar-refractivity contribution in [3.8, 4) is 0 Å². The van der Waals surface area contributed by atoms with Crippen molar-refractivity contribution in [2.45, 2.75) is 50.0 Å². The van der Waals surface area contributed by atoms with Crippen LogP contribution in [0.3, 0.4) is 0 Å². The van der Waals surface area contributed by atoms with Crippen LogP contribution in [-0.2, 0) is 16.4 Å². The number of hydrogen-bond donors (Lipinski definition) is 2. The molecule has 1 aromatic rings. The van der Waals surface area contributed by atoms with Crippen molar-refractivity contribution in [2.24, 2.45) is 11.7 Å². The van der Waals surface area contributed by atoms with Gasteiger partial charge in [-0.3, -0.25) is 0 Å². The molecule has 0 aromatic heterocycles. The number of thiocarbonyl (C=S) groups is 1. The molecule has 116 valence electrons. The summed E-state index contributed by atoms with van der Waals surface area (Å²) in [7, 11) is -3.45. The van der Waals surface area contributed by atoms with E-state index < -0.39 is 10.0 Å². The van der Waals surface area contributed by atoms with E-state index in [2.05, 4.69) is 11.6 Å². The first-order chi connectivity index (χ1) is 9.88. The molecule has 2 atom stereocenters. The summed E-state index contributed by atoms with van der Waals surface area (Å²) in [6, 6.07) is 6.79. The molecule has 6 heteroatoms. The van der Waals surface area contributed by atoms with Gasteiger partial charge >= 0.3 is 0 Å². The molecule has 4 nitrogen and oxygen atoms in total. The van der Waals surface area contributed by atoms with Crippen LogP contribution in [0.4, 0.5) is 0 Å². The summed E-state index contributed by atoms with van der Waals surface area (Å²) in [6.45, 7) is 2.11. The molecular weight excluding hydrogens is 304 g/mol. The Morgan fingerprint density at radius 1 is 1.29 bits per heavy atom. The fourth-order valence-corrected chi connectivity index (χ4v) is 4.29. The lowest BCUT2D eigenvalue weighted by molar-refractivity contribution is 0.310. The van der Waals surface area contributed by atoms with Crippen molar-refractivity contribution in [3.05, 3.63) is 29.8 Å². The Morgan fingerprint density at radius 2 is 1.90 bits per heavy atom. The summed E-state index contributed by atoms with van der Waals surface area (Å²) >= 11 is 4.85. The molecule has 1 aliphatic carbocycles. The lowest BCUT2D eigenvalue weighted by Crippen LogP contribution is -2.40. The Labute approximate surface area is 132 Å². The SMILES string of the molecule is CC1CCCCC1NS(=O)(=O)c1ccc(CC(N)=S)cc1. The van der Waals surface area contributed by atoms with Gasteiger partial charge in [-0.2, -0.15) is 0 Å². The summed E-state index contributed by atoms with van der Waals surface area (Å²) in [5.41, 5.74) is 6.41. The molecule has 0 aliphatic heterocycles. The number of nitrogens with two attached hydrogens (primary N) is 1. The molecule has 1 aliphatic rings. The highest BCUT2D eigenvalue weighted by atomic mass is 32.2. The minimum absolute atomic E-state index is 0.0417. The summed E-state index contributed by atoms with van der Waals surface area (Å²) < 4.78 is 27.7. The number of hydrogen-bond acceptors (Lipinski definition) is 3. The van der Waals surface area contributed by atoms with E-state index in [1.165, 1.54) is 6.42 Å². The largest absolute Gasteiger partial charge is 0.393 e. The third kappa shape index (κ3) is 4.49. The molecule has 0 heterocycles. The van der Waals surface area contributed by atoms with E-state index in [1.54, 1.807) is 24.3 Å². The first kappa shape index (κ1) is 16.4. The molecule has 0 bridgehead atoms. The van der Waals surface area contributed by atoms with Crippen LogP contribution in [0.5, 0.6) is 0 Å². The normalized spacial score (nSPS) is 22.9. The highest BCUT2D eigenvalue weighted by Gasteiger charge is 2.26. The number of sulfonamides is 1. The van der Waals surface area contributed by atoms with E-state index >= 15 is 0 Å². The predicted octanol–water partition coefficient (Wildman–Crippen LogP) is 2.37. The van der Waals surface area contributed by atoms with Gasteiger partial charge in [0, 0.05) is 12.5 Å². The zero-order chi connectivity index (χ0) is 15.5. The summed E-state index contributed by atoms with van der Waals surface area (Å²) in [5.74, 6) is 0.391. The first-order valence-electron chi connectivity index (χ1n) is 7.28. The van der Waals surface area contributed by atoms with Gasteiger partial charge in [0.05, 0.1) is 9.88 Å². The zero-order valence-corrected chi connectivity index (χ0v) is 13.8. The van der Waals surface area contributed by atoms with Gasteiger partial charge in [0.25, 0.3) is 0 Å². The van der Waals surface area contributed by atoms with Crippen molar-refractivity contribution in [2.75, 3.05) is 0 Å². The van der Waals surface area contributed by atoms with E-state index in [1.807, 2.05) is 0 Å². The summed E-state index contributed by atoms with van der Waals surface area (Å²) in [5, 5.41) is 0. The fraction of sp³-hybridized carbons (Fsp3) is 0.533. The Morgan fingerprint density at radius 3 is 2.48 bits per heavy atom. The second-order valence-corrected chi connectivity index (χ2v) is 8.01. The van der Waals surface area contributed by atoms with Crippen LogP contribution in [0, 0.1) is 5.92 Å². The van der Waals surface area contributed by atoms with E-state index in [-0.39, 0.29) is 6.04 Å². The molecule has 0 amide bonds. The van der Waals surface area contributed by atoms with Crippen LogP contribution in [0.25, 0.3) is 0 Å². The van der Waals surface area contributed by atoms with Gasteiger partial charge in [-0.05, 0) is 36.5 Å². The second kappa shape index (κ2) is 6.85. The summed E-state index contributed by atoms with van der Waals surface area (Å²) in [4.78, 5) is 0.701. The maximum absolute atomic E-state index is 12.4. The number of nitrogens with one attached hydrogen (secondary N) is 1. The maximum Gasteiger partial charge on any atom is 0.240 e.